The van der Waals surface area contributed by atoms with Crippen molar-refractivity contribution in [2.45, 2.75) is 17.7 Å². The molecule has 0 bridgehead atoms. The number of rotatable bonds is 6. The summed E-state index contributed by atoms with van der Waals surface area (Å²) >= 11 is 0. The molecule has 0 aliphatic carbocycles. The molecule has 1 heterocycles. The molecular weight excluding hydrogens is 430 g/mol. The summed E-state index contributed by atoms with van der Waals surface area (Å²) in [5, 5.41) is 20.5. The van der Waals surface area contributed by atoms with Gasteiger partial charge in [0.2, 0.25) is 15.8 Å². The second-order valence-corrected chi connectivity index (χ2v) is 9.25. The van der Waals surface area contributed by atoms with Gasteiger partial charge < -0.3 is 4.74 Å². The number of ether oxygens (including phenoxy) is 1. The van der Waals surface area contributed by atoms with E-state index in [1.165, 1.54) is 16.4 Å². The smallest absolute Gasteiger partial charge is 0.312 e. The van der Waals surface area contributed by atoms with Gasteiger partial charge in [0, 0.05) is 19.2 Å². The summed E-state index contributed by atoms with van der Waals surface area (Å²) in [6, 6.07) is 19.8. The van der Waals surface area contributed by atoms with Crippen LogP contribution in [0, 0.1) is 21.4 Å². The molecule has 1 fully saturated rings. The molecule has 3 aromatic carbocycles. The average molecular weight is 449 g/mol. The predicted octanol–water partition coefficient (Wildman–Crippen LogP) is 4.71. The van der Waals surface area contributed by atoms with Crippen molar-refractivity contribution in [3.8, 4) is 28.7 Å². The minimum Gasteiger partial charge on any atom is -0.450 e. The second-order valence-electron chi connectivity index (χ2n) is 7.31. The highest BCUT2D eigenvalue weighted by atomic mass is 32.2. The minimum absolute atomic E-state index is 0.0403. The zero-order valence-corrected chi connectivity index (χ0v) is 17.8. The Labute approximate surface area is 185 Å². The number of nitrogens with zero attached hydrogens (tertiary/aromatic N) is 3. The monoisotopic (exact) mass is 449 g/mol. The first-order chi connectivity index (χ1) is 15.4. The van der Waals surface area contributed by atoms with Crippen LogP contribution >= 0.6 is 0 Å². The largest absolute Gasteiger partial charge is 0.450 e. The normalized spacial score (nSPS) is 14.1. The van der Waals surface area contributed by atoms with Crippen LogP contribution in [0.2, 0.25) is 0 Å². The van der Waals surface area contributed by atoms with Crippen molar-refractivity contribution in [3.05, 3.63) is 82.4 Å². The van der Waals surface area contributed by atoms with E-state index in [2.05, 4.69) is 6.07 Å². The number of sulfonamides is 1. The van der Waals surface area contributed by atoms with Gasteiger partial charge in [0.05, 0.1) is 21.5 Å². The summed E-state index contributed by atoms with van der Waals surface area (Å²) in [5.74, 6) is 0.335. The van der Waals surface area contributed by atoms with Gasteiger partial charge >= 0.3 is 5.69 Å². The van der Waals surface area contributed by atoms with Crippen LogP contribution < -0.4 is 4.74 Å². The first-order valence-electron chi connectivity index (χ1n) is 9.95. The van der Waals surface area contributed by atoms with Gasteiger partial charge in [-0.1, -0.05) is 24.3 Å². The van der Waals surface area contributed by atoms with Gasteiger partial charge in [0.15, 0.2) is 0 Å². The molecule has 0 saturated carbocycles. The van der Waals surface area contributed by atoms with Gasteiger partial charge in [-0.25, -0.2) is 8.42 Å². The van der Waals surface area contributed by atoms with E-state index in [9.17, 15) is 18.5 Å². The Morgan fingerprint density at radius 2 is 1.53 bits per heavy atom. The van der Waals surface area contributed by atoms with Crippen molar-refractivity contribution < 1.29 is 18.1 Å². The van der Waals surface area contributed by atoms with Crippen LogP contribution in [0.4, 0.5) is 5.69 Å². The maximum atomic E-state index is 12.7. The third kappa shape index (κ3) is 4.32. The summed E-state index contributed by atoms with van der Waals surface area (Å²) in [4.78, 5) is 10.8. The van der Waals surface area contributed by atoms with E-state index in [1.54, 1.807) is 36.4 Å². The zero-order valence-electron chi connectivity index (χ0n) is 17.0. The van der Waals surface area contributed by atoms with Crippen LogP contribution in [0.3, 0.4) is 0 Å². The molecule has 0 atom stereocenters. The Morgan fingerprint density at radius 3 is 2.09 bits per heavy atom. The fourth-order valence-electron chi connectivity index (χ4n) is 3.54. The van der Waals surface area contributed by atoms with E-state index < -0.39 is 20.6 Å². The van der Waals surface area contributed by atoms with Crippen molar-refractivity contribution in [2.75, 3.05) is 13.1 Å². The Morgan fingerprint density at radius 1 is 0.938 bits per heavy atom. The molecule has 0 aromatic heterocycles. The van der Waals surface area contributed by atoms with E-state index in [-0.39, 0.29) is 10.6 Å². The van der Waals surface area contributed by atoms with Gasteiger partial charge in [-0.15, -0.1) is 0 Å². The van der Waals surface area contributed by atoms with Gasteiger partial charge in [-0.2, -0.15) is 9.57 Å². The van der Waals surface area contributed by atoms with Crippen molar-refractivity contribution in [1.82, 2.24) is 4.31 Å². The van der Waals surface area contributed by atoms with Crippen molar-refractivity contribution in [1.29, 1.82) is 5.26 Å². The summed E-state index contributed by atoms with van der Waals surface area (Å²) in [5.41, 5.74) is 1.96. The fraction of sp³-hybridized carbons (Fsp3) is 0.174. The van der Waals surface area contributed by atoms with Crippen LogP contribution in [0.1, 0.15) is 18.4 Å². The Kier molecular flexibility index (Phi) is 5.90. The molecule has 0 amide bonds. The topological polar surface area (TPSA) is 114 Å². The molecule has 162 valence electrons. The lowest BCUT2D eigenvalue weighted by Crippen LogP contribution is -2.27. The summed E-state index contributed by atoms with van der Waals surface area (Å²) in [6.07, 6.45) is 1.56. The van der Waals surface area contributed by atoms with E-state index in [0.29, 0.717) is 24.4 Å². The molecule has 0 N–H and O–H groups in total. The zero-order chi connectivity index (χ0) is 22.7. The lowest BCUT2D eigenvalue weighted by Gasteiger charge is -2.16. The number of nitro benzene ring substituents is 1. The molecule has 4 rings (SSSR count). The molecule has 1 aliphatic rings. The molecule has 0 spiro atoms. The standard InChI is InChI=1S/C23H19N3O5S/c24-16-17-3-5-18(6-4-17)19-7-9-20(10-8-19)31-23-12-11-21(15-22(23)26(27)28)32(29,30)25-13-1-2-14-25/h3-12,15H,1-2,13-14H2. The van der Waals surface area contributed by atoms with Crippen LogP contribution in [0.5, 0.6) is 11.5 Å². The molecule has 32 heavy (non-hydrogen) atoms. The molecular formula is C23H19N3O5S. The quantitative estimate of drug-likeness (QED) is 0.398. The Hall–Kier alpha value is -3.74. The van der Waals surface area contributed by atoms with E-state index >= 15 is 0 Å². The van der Waals surface area contributed by atoms with Crippen molar-refractivity contribution >= 4 is 15.7 Å². The first-order valence-corrected chi connectivity index (χ1v) is 11.4. The van der Waals surface area contributed by atoms with Gasteiger partial charge in [0.1, 0.15) is 5.75 Å². The molecule has 3 aromatic rings. The lowest BCUT2D eigenvalue weighted by molar-refractivity contribution is -0.385. The summed E-state index contributed by atoms with van der Waals surface area (Å²) in [7, 11) is -3.77. The molecule has 1 saturated heterocycles. The van der Waals surface area contributed by atoms with Crippen molar-refractivity contribution in [2.24, 2.45) is 0 Å². The third-order valence-corrected chi connectivity index (χ3v) is 7.15. The maximum absolute atomic E-state index is 12.7. The van der Waals surface area contributed by atoms with Crippen molar-refractivity contribution in [3.63, 3.8) is 0 Å². The predicted molar refractivity (Wildman–Crippen MR) is 118 cm³/mol. The Bertz CT molecular complexity index is 1290. The van der Waals surface area contributed by atoms with E-state index in [4.69, 9.17) is 10.00 Å². The highest BCUT2D eigenvalue weighted by molar-refractivity contribution is 7.89. The first kappa shape index (κ1) is 21.5. The fourth-order valence-corrected chi connectivity index (χ4v) is 5.08. The SMILES string of the molecule is N#Cc1ccc(-c2ccc(Oc3ccc(S(=O)(=O)N4CCCC4)cc3[N+](=O)[O-])cc2)cc1. The minimum atomic E-state index is -3.77. The van der Waals surface area contributed by atoms with E-state index in [0.717, 1.165) is 30.0 Å². The number of nitro groups is 1. The maximum Gasteiger partial charge on any atom is 0.312 e. The molecule has 0 radical (unpaired) electrons. The Balaban J connectivity index is 1.58. The van der Waals surface area contributed by atoms with Gasteiger partial charge in [0.25, 0.3) is 0 Å². The summed E-state index contributed by atoms with van der Waals surface area (Å²) in [6.45, 7) is 0.833. The molecule has 8 nitrogen and oxygen atoms in total. The number of benzene rings is 3. The number of hydrogen-bond donors (Lipinski definition) is 0. The van der Waals surface area contributed by atoms with Crippen LogP contribution in [0.25, 0.3) is 11.1 Å². The molecule has 9 heteroatoms. The summed E-state index contributed by atoms with van der Waals surface area (Å²) < 4.78 is 32.5. The van der Waals surface area contributed by atoms with Crippen LogP contribution in [-0.2, 0) is 10.0 Å². The van der Waals surface area contributed by atoms with Crippen LogP contribution in [-0.4, -0.2) is 30.7 Å². The van der Waals surface area contributed by atoms with Gasteiger partial charge in [-0.3, -0.25) is 10.1 Å². The average Bonchev–Trinajstić information content (AvgIpc) is 3.36. The second kappa shape index (κ2) is 8.78. The van der Waals surface area contributed by atoms with E-state index in [1.807, 2.05) is 12.1 Å². The highest BCUT2D eigenvalue weighted by Crippen LogP contribution is 2.35. The van der Waals surface area contributed by atoms with Crippen LogP contribution in [0.15, 0.2) is 71.6 Å². The number of hydrogen-bond acceptors (Lipinski definition) is 6. The number of nitriles is 1. The lowest BCUT2D eigenvalue weighted by atomic mass is 10.0. The van der Waals surface area contributed by atoms with Gasteiger partial charge in [-0.05, 0) is 60.4 Å². The highest BCUT2D eigenvalue weighted by Gasteiger charge is 2.30. The molecule has 1 aliphatic heterocycles. The third-order valence-electron chi connectivity index (χ3n) is 5.26. The molecule has 0 unspecified atom stereocenters.